The van der Waals surface area contributed by atoms with Gasteiger partial charge >= 0.3 is 6.09 Å². The van der Waals surface area contributed by atoms with Gasteiger partial charge in [0.15, 0.2) is 5.75 Å². The van der Waals surface area contributed by atoms with E-state index in [-0.39, 0.29) is 18.5 Å². The molecular formula is C29H34ClN5O5. The number of nitrogens with one attached hydrogen (secondary N) is 1. The van der Waals surface area contributed by atoms with Gasteiger partial charge in [0, 0.05) is 41.9 Å². The summed E-state index contributed by atoms with van der Waals surface area (Å²) in [6.07, 6.45) is 2.23. The van der Waals surface area contributed by atoms with E-state index in [1.165, 1.54) is 7.11 Å². The Labute approximate surface area is 238 Å². The van der Waals surface area contributed by atoms with Crippen LogP contribution in [0.1, 0.15) is 39.2 Å². The minimum Gasteiger partial charge on any atom is -0.494 e. The molecule has 10 nitrogen and oxygen atoms in total. The quantitative estimate of drug-likeness (QED) is 0.361. The lowest BCUT2D eigenvalue weighted by atomic mass is 10.0. The fourth-order valence-corrected chi connectivity index (χ4v) is 4.84. The largest absolute Gasteiger partial charge is 0.494 e. The average Bonchev–Trinajstić information content (AvgIpc) is 3.32. The van der Waals surface area contributed by atoms with Crippen LogP contribution in [0.5, 0.6) is 11.6 Å². The molecule has 3 heterocycles. The Kier molecular flexibility index (Phi) is 8.68. The van der Waals surface area contributed by atoms with Crippen LogP contribution in [-0.4, -0.2) is 59.3 Å². The molecule has 2 aromatic heterocycles. The number of benzene rings is 1. The van der Waals surface area contributed by atoms with Gasteiger partial charge in [-0.2, -0.15) is 0 Å². The lowest BCUT2D eigenvalue weighted by Crippen LogP contribution is -2.43. The molecule has 3 N–H and O–H groups in total. The van der Waals surface area contributed by atoms with Gasteiger partial charge in [0.25, 0.3) is 0 Å². The van der Waals surface area contributed by atoms with E-state index in [1.54, 1.807) is 36.4 Å². The second-order valence-corrected chi connectivity index (χ2v) is 10.9. The van der Waals surface area contributed by atoms with Crippen molar-refractivity contribution in [1.29, 1.82) is 0 Å². The summed E-state index contributed by atoms with van der Waals surface area (Å²) in [5, 5.41) is 3.29. The number of hydrogen-bond acceptors (Lipinski definition) is 8. The van der Waals surface area contributed by atoms with Crippen LogP contribution in [0.3, 0.4) is 0 Å². The number of halogens is 1. The molecule has 11 heteroatoms. The molecule has 1 aromatic carbocycles. The highest BCUT2D eigenvalue weighted by Crippen LogP contribution is 2.40. The van der Waals surface area contributed by atoms with Crippen molar-refractivity contribution in [3.63, 3.8) is 0 Å². The van der Waals surface area contributed by atoms with E-state index >= 15 is 0 Å². The van der Waals surface area contributed by atoms with Crippen molar-refractivity contribution in [2.45, 2.75) is 51.8 Å². The predicted octanol–water partition coefficient (Wildman–Crippen LogP) is 5.08. The zero-order valence-electron chi connectivity index (χ0n) is 23.3. The molecule has 0 aliphatic carbocycles. The molecular weight excluding hydrogens is 534 g/mol. The average molecular weight is 568 g/mol. The van der Waals surface area contributed by atoms with Gasteiger partial charge in [-0.1, -0.05) is 17.7 Å². The van der Waals surface area contributed by atoms with Crippen molar-refractivity contribution in [3.8, 4) is 34.1 Å². The van der Waals surface area contributed by atoms with E-state index in [1.807, 2.05) is 39.0 Å². The molecule has 3 aromatic rings. The summed E-state index contributed by atoms with van der Waals surface area (Å²) >= 11 is 6.85. The third kappa shape index (κ3) is 6.56. The fourth-order valence-electron chi connectivity index (χ4n) is 4.53. The van der Waals surface area contributed by atoms with Gasteiger partial charge in [0.1, 0.15) is 5.60 Å². The van der Waals surface area contributed by atoms with Gasteiger partial charge in [0.05, 0.1) is 42.9 Å². The second kappa shape index (κ2) is 12.0. The number of anilines is 1. The maximum atomic E-state index is 13.1. The molecule has 0 radical (unpaired) electrons. The number of pyridine rings is 2. The number of nitrogens with zero attached hydrogens (tertiary/aromatic N) is 3. The molecule has 0 bridgehead atoms. The maximum Gasteiger partial charge on any atom is 0.410 e. The number of methoxy groups -OCH3 is 2. The van der Waals surface area contributed by atoms with Crippen molar-refractivity contribution < 1.29 is 23.8 Å². The van der Waals surface area contributed by atoms with Crippen molar-refractivity contribution >= 4 is 29.3 Å². The summed E-state index contributed by atoms with van der Waals surface area (Å²) in [6.45, 7) is 5.90. The molecule has 1 saturated heterocycles. The monoisotopic (exact) mass is 567 g/mol. The molecule has 212 valence electrons. The Morgan fingerprint density at radius 2 is 1.93 bits per heavy atom. The van der Waals surface area contributed by atoms with Crippen LogP contribution in [0.2, 0.25) is 5.02 Å². The summed E-state index contributed by atoms with van der Waals surface area (Å²) in [5.74, 6) is 0.787. The first-order valence-corrected chi connectivity index (χ1v) is 13.3. The minimum atomic E-state index is -0.678. The normalized spacial score (nSPS) is 14.9. The third-order valence-electron chi connectivity index (χ3n) is 6.34. The van der Waals surface area contributed by atoms with Crippen LogP contribution < -0.4 is 20.5 Å². The lowest BCUT2D eigenvalue weighted by molar-refractivity contribution is -0.119. The highest BCUT2D eigenvalue weighted by atomic mass is 35.5. The number of nitrogen functional groups attached to an aromatic ring is 1. The molecule has 0 unspecified atom stereocenters. The molecule has 0 saturated carbocycles. The number of nitrogens with two attached hydrogens (primary N) is 1. The van der Waals surface area contributed by atoms with Gasteiger partial charge in [0.2, 0.25) is 11.8 Å². The summed E-state index contributed by atoms with van der Waals surface area (Å²) in [6, 6.07) is 10.6. The molecule has 1 aliphatic rings. The zero-order chi connectivity index (χ0) is 29.0. The van der Waals surface area contributed by atoms with Gasteiger partial charge in [-0.25, -0.2) is 9.78 Å². The number of carbonyl (C=O) groups is 2. The van der Waals surface area contributed by atoms with Gasteiger partial charge in [-0.05, 0) is 57.5 Å². The van der Waals surface area contributed by atoms with E-state index in [0.717, 1.165) is 0 Å². The van der Waals surface area contributed by atoms with Crippen molar-refractivity contribution in [2.75, 3.05) is 26.5 Å². The smallest absolute Gasteiger partial charge is 0.410 e. The first-order valence-electron chi connectivity index (χ1n) is 12.9. The van der Waals surface area contributed by atoms with Crippen molar-refractivity contribution in [3.05, 3.63) is 53.2 Å². The number of para-hydroxylation sites is 1. The predicted molar refractivity (Wildman–Crippen MR) is 153 cm³/mol. The molecule has 0 spiro atoms. The molecule has 1 aliphatic heterocycles. The Hall–Kier alpha value is -4.05. The summed E-state index contributed by atoms with van der Waals surface area (Å²) in [7, 11) is 3.06. The molecule has 40 heavy (non-hydrogen) atoms. The van der Waals surface area contributed by atoms with Crippen LogP contribution in [-0.2, 0) is 16.1 Å². The van der Waals surface area contributed by atoms with Crippen LogP contribution in [0.4, 0.5) is 10.5 Å². The summed E-state index contributed by atoms with van der Waals surface area (Å²) in [4.78, 5) is 35.6. The molecule has 1 atom stereocenters. The number of rotatable bonds is 8. The van der Waals surface area contributed by atoms with Crippen molar-refractivity contribution in [2.24, 2.45) is 0 Å². The molecule has 4 rings (SSSR count). The van der Waals surface area contributed by atoms with Crippen LogP contribution >= 0.6 is 11.6 Å². The Bertz CT molecular complexity index is 1410. The van der Waals surface area contributed by atoms with E-state index in [2.05, 4.69) is 10.3 Å². The first-order chi connectivity index (χ1) is 19.0. The standard InChI is InChI=1S/C29H34ClN5O5/c1-29(2,3)40-28(37)35(16-18-10-12-23(36)33-18)15-17-9-11-22(34-27(17)39-5)19-13-14-32-25(24(19)30)20-7-6-8-21(31)26(20)38-4/h6-9,11,13-14,18H,10,12,15-16,31H2,1-5H3,(H,33,36)/t18-/m0/s1. The van der Waals surface area contributed by atoms with E-state index in [0.29, 0.717) is 69.8 Å². The second-order valence-electron chi connectivity index (χ2n) is 10.5. The Balaban J connectivity index is 1.66. The number of carbonyl (C=O) groups excluding carboxylic acids is 2. The van der Waals surface area contributed by atoms with E-state index in [9.17, 15) is 9.59 Å². The Morgan fingerprint density at radius 3 is 2.58 bits per heavy atom. The maximum absolute atomic E-state index is 13.1. The number of ether oxygens (including phenoxy) is 3. The minimum absolute atomic E-state index is 0.0258. The van der Waals surface area contributed by atoms with Gasteiger partial charge in [-0.15, -0.1) is 0 Å². The van der Waals surface area contributed by atoms with Gasteiger partial charge in [-0.3, -0.25) is 9.78 Å². The van der Waals surface area contributed by atoms with Crippen LogP contribution in [0, 0.1) is 0 Å². The molecule has 2 amide bonds. The van der Waals surface area contributed by atoms with E-state index < -0.39 is 11.7 Å². The highest BCUT2D eigenvalue weighted by molar-refractivity contribution is 6.35. The summed E-state index contributed by atoms with van der Waals surface area (Å²) < 4.78 is 16.8. The SMILES string of the molecule is COc1nc(-c2ccnc(-c3cccc(N)c3OC)c2Cl)ccc1CN(C[C@@H]1CCC(=O)N1)C(=O)OC(C)(C)C. The summed E-state index contributed by atoms with van der Waals surface area (Å²) in [5.41, 5.74) is 8.91. The number of amides is 2. The third-order valence-corrected chi connectivity index (χ3v) is 6.72. The van der Waals surface area contributed by atoms with Crippen LogP contribution in [0.25, 0.3) is 22.5 Å². The molecule has 1 fully saturated rings. The van der Waals surface area contributed by atoms with Crippen LogP contribution in [0.15, 0.2) is 42.6 Å². The topological polar surface area (TPSA) is 129 Å². The first kappa shape index (κ1) is 28.9. The van der Waals surface area contributed by atoms with E-state index in [4.69, 9.17) is 36.5 Å². The van der Waals surface area contributed by atoms with Gasteiger partial charge < -0.3 is 30.2 Å². The Morgan fingerprint density at radius 1 is 1.15 bits per heavy atom. The highest BCUT2D eigenvalue weighted by Gasteiger charge is 2.29. The van der Waals surface area contributed by atoms with Crippen molar-refractivity contribution in [1.82, 2.24) is 20.2 Å². The number of hydrogen-bond donors (Lipinski definition) is 2. The lowest BCUT2D eigenvalue weighted by Gasteiger charge is -2.29. The fraction of sp³-hybridized carbons (Fsp3) is 0.379. The zero-order valence-corrected chi connectivity index (χ0v) is 24.0. The number of aromatic nitrogens is 2.